The maximum atomic E-state index is 11.8. The van der Waals surface area contributed by atoms with Gasteiger partial charge in [0.25, 0.3) is 0 Å². The Morgan fingerprint density at radius 2 is 1.88 bits per heavy atom. The van der Waals surface area contributed by atoms with E-state index in [4.69, 9.17) is 10.2 Å². The molecule has 1 aromatic carbocycles. The molecule has 3 nitrogen and oxygen atoms in total. The monoisotopic (exact) mass is 215 g/mol. The Kier molecular flexibility index (Phi) is 3.17. The van der Waals surface area contributed by atoms with Gasteiger partial charge in [-0.05, 0) is 17.2 Å². The van der Waals surface area contributed by atoms with Crippen molar-refractivity contribution in [3.63, 3.8) is 0 Å². The van der Waals surface area contributed by atoms with Crippen LogP contribution in [-0.2, 0) is 13.0 Å². The Balaban J connectivity index is 2.09. The van der Waals surface area contributed by atoms with Gasteiger partial charge < -0.3 is 10.2 Å². The largest absolute Gasteiger partial charge is 0.472 e. The molecule has 2 aromatic rings. The summed E-state index contributed by atoms with van der Waals surface area (Å²) in [5.74, 6) is 0.0879. The van der Waals surface area contributed by atoms with E-state index in [1.807, 2.05) is 24.3 Å². The topological polar surface area (TPSA) is 56.2 Å². The first-order valence-corrected chi connectivity index (χ1v) is 5.13. The molecular weight excluding hydrogens is 202 g/mol. The molecule has 0 unspecified atom stereocenters. The van der Waals surface area contributed by atoms with Gasteiger partial charge in [-0.1, -0.05) is 24.3 Å². The zero-order valence-electron chi connectivity index (χ0n) is 8.85. The first-order chi connectivity index (χ1) is 7.79. The average molecular weight is 215 g/mol. The quantitative estimate of drug-likeness (QED) is 0.795. The smallest absolute Gasteiger partial charge is 0.167 e. The molecule has 0 aliphatic heterocycles. The van der Waals surface area contributed by atoms with Crippen molar-refractivity contribution in [2.24, 2.45) is 5.73 Å². The molecule has 0 aliphatic carbocycles. The average Bonchev–Trinajstić information content (AvgIpc) is 2.82. The number of carbonyl (C=O) groups is 1. The molecule has 0 spiro atoms. The highest BCUT2D eigenvalue weighted by molar-refractivity contribution is 5.97. The van der Waals surface area contributed by atoms with Crippen molar-refractivity contribution in [1.82, 2.24) is 0 Å². The van der Waals surface area contributed by atoms with Crippen LogP contribution in [0.15, 0.2) is 47.3 Å². The van der Waals surface area contributed by atoms with Crippen LogP contribution in [-0.4, -0.2) is 5.78 Å². The number of benzene rings is 1. The standard InChI is InChI=1S/C13H13NO2/c14-8-10-1-3-12(4-2-10)13(15)7-11-5-6-16-9-11/h1-6,9H,7-8,14H2. The molecule has 0 aliphatic rings. The summed E-state index contributed by atoms with van der Waals surface area (Å²) in [6.07, 6.45) is 3.53. The molecule has 0 amide bonds. The molecule has 0 atom stereocenters. The maximum absolute atomic E-state index is 11.8. The lowest BCUT2D eigenvalue weighted by molar-refractivity contribution is 0.0992. The Hall–Kier alpha value is -1.87. The van der Waals surface area contributed by atoms with E-state index in [1.165, 1.54) is 0 Å². The van der Waals surface area contributed by atoms with Crippen molar-refractivity contribution in [2.45, 2.75) is 13.0 Å². The number of nitrogens with two attached hydrogens (primary N) is 1. The van der Waals surface area contributed by atoms with Gasteiger partial charge in [0.1, 0.15) is 0 Å². The van der Waals surface area contributed by atoms with Crippen LogP contribution in [0.1, 0.15) is 21.5 Å². The summed E-state index contributed by atoms with van der Waals surface area (Å²) >= 11 is 0. The van der Waals surface area contributed by atoms with Crippen LogP contribution in [0.4, 0.5) is 0 Å². The number of hydrogen-bond acceptors (Lipinski definition) is 3. The van der Waals surface area contributed by atoms with E-state index in [2.05, 4.69) is 0 Å². The van der Waals surface area contributed by atoms with Crippen molar-refractivity contribution in [3.8, 4) is 0 Å². The number of Topliss-reactive ketones (excluding diaryl/α,β-unsaturated/α-hetero) is 1. The van der Waals surface area contributed by atoms with Crippen LogP contribution in [0, 0.1) is 0 Å². The van der Waals surface area contributed by atoms with Crippen molar-refractivity contribution in [3.05, 3.63) is 59.5 Å². The molecule has 16 heavy (non-hydrogen) atoms. The van der Waals surface area contributed by atoms with E-state index < -0.39 is 0 Å². The van der Waals surface area contributed by atoms with Crippen LogP contribution >= 0.6 is 0 Å². The van der Waals surface area contributed by atoms with E-state index in [0.717, 1.165) is 11.1 Å². The molecule has 0 saturated carbocycles. The second-order valence-electron chi connectivity index (χ2n) is 3.63. The predicted octanol–water partition coefficient (Wildman–Crippen LogP) is 2.16. The third kappa shape index (κ3) is 2.38. The van der Waals surface area contributed by atoms with Gasteiger partial charge in [0.05, 0.1) is 12.5 Å². The first-order valence-electron chi connectivity index (χ1n) is 5.13. The third-order valence-corrected chi connectivity index (χ3v) is 2.46. The van der Waals surface area contributed by atoms with Crippen LogP contribution in [0.2, 0.25) is 0 Å². The predicted molar refractivity (Wildman–Crippen MR) is 61.1 cm³/mol. The molecule has 0 bridgehead atoms. The number of hydrogen-bond donors (Lipinski definition) is 1. The fraction of sp³-hybridized carbons (Fsp3) is 0.154. The Morgan fingerprint density at radius 1 is 1.12 bits per heavy atom. The van der Waals surface area contributed by atoms with Gasteiger partial charge in [-0.25, -0.2) is 0 Å². The van der Waals surface area contributed by atoms with Gasteiger partial charge in [-0.3, -0.25) is 4.79 Å². The molecule has 3 heteroatoms. The lowest BCUT2D eigenvalue weighted by Crippen LogP contribution is -2.03. The number of carbonyl (C=O) groups excluding carboxylic acids is 1. The summed E-state index contributed by atoms with van der Waals surface area (Å²) in [5, 5.41) is 0. The summed E-state index contributed by atoms with van der Waals surface area (Å²) in [4.78, 5) is 11.8. The van der Waals surface area contributed by atoms with E-state index in [9.17, 15) is 4.79 Å². The minimum Gasteiger partial charge on any atom is -0.472 e. The zero-order valence-corrected chi connectivity index (χ0v) is 8.85. The minimum absolute atomic E-state index is 0.0879. The van der Waals surface area contributed by atoms with Crippen LogP contribution in [0.25, 0.3) is 0 Å². The van der Waals surface area contributed by atoms with Gasteiger partial charge in [-0.2, -0.15) is 0 Å². The number of rotatable bonds is 4. The van der Waals surface area contributed by atoms with Gasteiger partial charge >= 0.3 is 0 Å². The number of furan rings is 1. The maximum Gasteiger partial charge on any atom is 0.167 e. The van der Waals surface area contributed by atoms with E-state index >= 15 is 0 Å². The van der Waals surface area contributed by atoms with Gasteiger partial charge in [0.2, 0.25) is 0 Å². The van der Waals surface area contributed by atoms with Crippen molar-refractivity contribution < 1.29 is 9.21 Å². The molecule has 82 valence electrons. The lowest BCUT2D eigenvalue weighted by Gasteiger charge is -2.00. The van der Waals surface area contributed by atoms with Crippen molar-refractivity contribution >= 4 is 5.78 Å². The molecule has 0 fully saturated rings. The number of ketones is 1. The summed E-state index contributed by atoms with van der Waals surface area (Å²) in [6.45, 7) is 0.496. The van der Waals surface area contributed by atoms with Crippen LogP contribution < -0.4 is 5.73 Å². The van der Waals surface area contributed by atoms with Crippen molar-refractivity contribution in [2.75, 3.05) is 0 Å². The van der Waals surface area contributed by atoms with Crippen LogP contribution in [0.3, 0.4) is 0 Å². The molecule has 2 N–H and O–H groups in total. The SMILES string of the molecule is NCc1ccc(C(=O)Cc2ccoc2)cc1. The Bertz CT molecular complexity index is 457. The third-order valence-electron chi connectivity index (χ3n) is 2.46. The molecule has 0 saturated heterocycles. The second kappa shape index (κ2) is 4.77. The molecule has 1 heterocycles. The molecular formula is C13H13NO2. The summed E-state index contributed by atoms with van der Waals surface area (Å²) < 4.78 is 4.92. The Labute approximate surface area is 93.9 Å². The van der Waals surface area contributed by atoms with E-state index in [-0.39, 0.29) is 5.78 Å². The first kappa shape index (κ1) is 10.6. The lowest BCUT2D eigenvalue weighted by atomic mass is 10.0. The minimum atomic E-state index is 0.0879. The second-order valence-corrected chi connectivity index (χ2v) is 3.63. The fourth-order valence-electron chi connectivity index (χ4n) is 1.51. The Morgan fingerprint density at radius 3 is 2.44 bits per heavy atom. The normalized spacial score (nSPS) is 10.3. The van der Waals surface area contributed by atoms with Crippen molar-refractivity contribution in [1.29, 1.82) is 0 Å². The molecule has 0 radical (unpaired) electrons. The summed E-state index contributed by atoms with van der Waals surface area (Å²) in [6, 6.07) is 9.17. The molecule has 2 rings (SSSR count). The highest BCUT2D eigenvalue weighted by Gasteiger charge is 2.07. The van der Waals surface area contributed by atoms with Gasteiger partial charge in [-0.15, -0.1) is 0 Å². The van der Waals surface area contributed by atoms with E-state index in [1.54, 1.807) is 18.6 Å². The van der Waals surface area contributed by atoms with Crippen LogP contribution in [0.5, 0.6) is 0 Å². The van der Waals surface area contributed by atoms with Gasteiger partial charge in [0, 0.05) is 18.5 Å². The summed E-state index contributed by atoms with van der Waals surface area (Å²) in [7, 11) is 0. The van der Waals surface area contributed by atoms with E-state index in [0.29, 0.717) is 18.5 Å². The highest BCUT2D eigenvalue weighted by Crippen LogP contribution is 2.09. The summed E-state index contributed by atoms with van der Waals surface area (Å²) in [5.41, 5.74) is 8.12. The highest BCUT2D eigenvalue weighted by atomic mass is 16.3. The molecule has 1 aromatic heterocycles. The fourth-order valence-corrected chi connectivity index (χ4v) is 1.51. The zero-order chi connectivity index (χ0) is 11.4. The van der Waals surface area contributed by atoms with Gasteiger partial charge in [0.15, 0.2) is 5.78 Å².